The van der Waals surface area contributed by atoms with E-state index in [0.717, 1.165) is 45.6 Å². The van der Waals surface area contributed by atoms with Crippen LogP contribution in [-0.4, -0.2) is 69.1 Å². The van der Waals surface area contributed by atoms with Crippen LogP contribution in [-0.2, 0) is 14.9 Å². The number of piperidine rings is 1. The van der Waals surface area contributed by atoms with E-state index in [0.29, 0.717) is 18.2 Å². The van der Waals surface area contributed by atoms with Crippen LogP contribution in [0.4, 0.5) is 10.1 Å². The minimum absolute atomic E-state index is 0.258. The first-order chi connectivity index (χ1) is 13.3. The number of hydrogen-bond donors (Lipinski definition) is 0. The number of nitrogens with zero attached hydrogens (tertiary/aromatic N) is 3. The van der Waals surface area contributed by atoms with E-state index in [-0.39, 0.29) is 6.04 Å². The van der Waals surface area contributed by atoms with E-state index in [9.17, 15) is 12.8 Å². The molecule has 3 fully saturated rings. The SMILES string of the molecule is C[C@H]1C[C@]2(CCN1CC1CCCOC1)CN(C)S(=O)(=O)N2c1cccc(F)c1. The first kappa shape index (κ1) is 20.1. The maximum Gasteiger partial charge on any atom is 0.304 e. The lowest BCUT2D eigenvalue weighted by Crippen LogP contribution is -2.58. The van der Waals surface area contributed by atoms with Crippen LogP contribution in [0.2, 0.25) is 0 Å². The molecular formula is C20H30FN3O3S. The third-order valence-electron chi connectivity index (χ3n) is 6.53. The Morgan fingerprint density at radius 2 is 2.18 bits per heavy atom. The van der Waals surface area contributed by atoms with Crippen LogP contribution in [0.15, 0.2) is 24.3 Å². The summed E-state index contributed by atoms with van der Waals surface area (Å²) >= 11 is 0. The molecule has 0 radical (unpaired) electrons. The molecule has 3 aliphatic rings. The molecule has 0 aliphatic carbocycles. The highest BCUT2D eigenvalue weighted by atomic mass is 32.2. The molecular weight excluding hydrogens is 381 g/mol. The predicted molar refractivity (Wildman–Crippen MR) is 107 cm³/mol. The van der Waals surface area contributed by atoms with Crippen molar-refractivity contribution < 1.29 is 17.5 Å². The van der Waals surface area contributed by atoms with Crippen molar-refractivity contribution in [2.75, 3.05) is 44.2 Å². The summed E-state index contributed by atoms with van der Waals surface area (Å²) < 4.78 is 48.6. The Balaban J connectivity index is 1.57. The fourth-order valence-electron chi connectivity index (χ4n) is 5.19. The Hall–Kier alpha value is -1.22. The van der Waals surface area contributed by atoms with Crippen LogP contribution < -0.4 is 4.31 Å². The summed E-state index contributed by atoms with van der Waals surface area (Å²) in [6, 6.07) is 6.20. The number of halogens is 1. The number of ether oxygens (including phenoxy) is 1. The van der Waals surface area contributed by atoms with Gasteiger partial charge in [-0.3, -0.25) is 4.31 Å². The van der Waals surface area contributed by atoms with Gasteiger partial charge in [0.1, 0.15) is 5.82 Å². The van der Waals surface area contributed by atoms with Crippen LogP contribution in [0.3, 0.4) is 0 Å². The van der Waals surface area contributed by atoms with Gasteiger partial charge in [0, 0.05) is 39.3 Å². The minimum atomic E-state index is -3.65. The largest absolute Gasteiger partial charge is 0.381 e. The van der Waals surface area contributed by atoms with Crippen molar-refractivity contribution >= 4 is 15.9 Å². The van der Waals surface area contributed by atoms with Crippen LogP contribution in [0.1, 0.15) is 32.6 Å². The number of likely N-dealkylation sites (tertiary alicyclic amines) is 1. The van der Waals surface area contributed by atoms with E-state index >= 15 is 0 Å². The predicted octanol–water partition coefficient (Wildman–Crippen LogP) is 2.47. The molecule has 1 spiro atoms. The molecule has 3 heterocycles. The highest BCUT2D eigenvalue weighted by Gasteiger charge is 2.55. The first-order valence-corrected chi connectivity index (χ1v) is 11.6. The van der Waals surface area contributed by atoms with Crippen molar-refractivity contribution in [3.8, 4) is 0 Å². The first-order valence-electron chi connectivity index (χ1n) is 10.2. The van der Waals surface area contributed by atoms with Crippen molar-refractivity contribution in [3.05, 3.63) is 30.1 Å². The standard InChI is InChI=1S/C20H30FN3O3S/c1-16-12-20(8-9-23(16)13-17-5-4-10-27-14-17)15-22(2)28(25,26)24(20)19-7-3-6-18(21)11-19/h3,6-7,11,16-17H,4-5,8-10,12-15H2,1-2H3/t16-,17?,20+/m0/s1. The number of likely N-dealkylation sites (N-methyl/N-ethyl adjacent to an activating group) is 1. The Kier molecular flexibility index (Phi) is 5.41. The van der Waals surface area contributed by atoms with Gasteiger partial charge >= 0.3 is 10.2 Å². The molecule has 0 bridgehead atoms. The number of hydrogen-bond acceptors (Lipinski definition) is 4. The van der Waals surface area contributed by atoms with Crippen molar-refractivity contribution in [3.63, 3.8) is 0 Å². The smallest absolute Gasteiger partial charge is 0.304 e. The summed E-state index contributed by atoms with van der Waals surface area (Å²) in [5.41, 5.74) is -0.105. The highest BCUT2D eigenvalue weighted by Crippen LogP contribution is 2.44. The second kappa shape index (κ2) is 7.55. The normalized spacial score (nSPS) is 34.2. The van der Waals surface area contributed by atoms with Crippen LogP contribution in [0.5, 0.6) is 0 Å². The highest BCUT2D eigenvalue weighted by molar-refractivity contribution is 7.90. The molecule has 0 amide bonds. The molecule has 0 N–H and O–H groups in total. The second-order valence-corrected chi connectivity index (χ2v) is 10.5. The van der Waals surface area contributed by atoms with Gasteiger partial charge in [-0.25, -0.2) is 4.39 Å². The Morgan fingerprint density at radius 1 is 1.36 bits per heavy atom. The monoisotopic (exact) mass is 411 g/mol. The lowest BCUT2D eigenvalue weighted by molar-refractivity contribution is 0.0187. The summed E-state index contributed by atoms with van der Waals surface area (Å²) in [6.07, 6.45) is 3.79. The summed E-state index contributed by atoms with van der Waals surface area (Å²) in [5.74, 6) is 0.139. The third kappa shape index (κ3) is 3.56. The fraction of sp³-hybridized carbons (Fsp3) is 0.700. The van der Waals surface area contributed by atoms with Gasteiger partial charge in [-0.2, -0.15) is 12.7 Å². The Morgan fingerprint density at radius 3 is 2.86 bits per heavy atom. The van der Waals surface area contributed by atoms with Gasteiger partial charge in [-0.05, 0) is 56.7 Å². The average molecular weight is 412 g/mol. The van der Waals surface area contributed by atoms with Crippen molar-refractivity contribution in [2.24, 2.45) is 5.92 Å². The van der Waals surface area contributed by atoms with E-state index < -0.39 is 21.6 Å². The topological polar surface area (TPSA) is 53.1 Å². The molecule has 3 atom stereocenters. The third-order valence-corrected chi connectivity index (χ3v) is 8.50. The summed E-state index contributed by atoms with van der Waals surface area (Å²) in [4.78, 5) is 2.47. The molecule has 3 aliphatic heterocycles. The molecule has 156 valence electrons. The molecule has 4 rings (SSSR count). The summed E-state index contributed by atoms with van der Waals surface area (Å²) in [7, 11) is -2.03. The molecule has 1 aromatic carbocycles. The molecule has 1 unspecified atom stereocenters. The second-order valence-electron chi connectivity index (χ2n) is 8.61. The van der Waals surface area contributed by atoms with Crippen molar-refractivity contribution in [2.45, 2.75) is 44.2 Å². The zero-order chi connectivity index (χ0) is 19.9. The van der Waals surface area contributed by atoms with Crippen molar-refractivity contribution in [1.82, 2.24) is 9.21 Å². The van der Waals surface area contributed by atoms with Gasteiger partial charge in [0.25, 0.3) is 0 Å². The Labute approximate surface area is 167 Å². The zero-order valence-electron chi connectivity index (χ0n) is 16.7. The maximum atomic E-state index is 13.9. The minimum Gasteiger partial charge on any atom is -0.381 e. The summed E-state index contributed by atoms with van der Waals surface area (Å²) in [6.45, 7) is 6.14. The quantitative estimate of drug-likeness (QED) is 0.767. The van der Waals surface area contributed by atoms with Crippen LogP contribution >= 0.6 is 0 Å². The lowest BCUT2D eigenvalue weighted by Gasteiger charge is -2.47. The number of rotatable bonds is 3. The van der Waals surface area contributed by atoms with E-state index in [1.54, 1.807) is 19.2 Å². The molecule has 0 aromatic heterocycles. The van der Waals surface area contributed by atoms with Gasteiger partial charge in [0.05, 0.1) is 17.8 Å². The van der Waals surface area contributed by atoms with Gasteiger partial charge < -0.3 is 9.64 Å². The van der Waals surface area contributed by atoms with E-state index in [4.69, 9.17) is 4.74 Å². The van der Waals surface area contributed by atoms with E-state index in [1.165, 1.54) is 27.2 Å². The summed E-state index contributed by atoms with van der Waals surface area (Å²) in [5, 5.41) is 0. The molecule has 28 heavy (non-hydrogen) atoms. The maximum absolute atomic E-state index is 13.9. The molecule has 3 saturated heterocycles. The van der Waals surface area contributed by atoms with Crippen LogP contribution in [0, 0.1) is 11.7 Å². The van der Waals surface area contributed by atoms with E-state index in [1.807, 2.05) is 0 Å². The van der Waals surface area contributed by atoms with Gasteiger partial charge in [0.2, 0.25) is 0 Å². The fourth-order valence-corrected chi connectivity index (χ4v) is 6.96. The molecule has 6 nitrogen and oxygen atoms in total. The molecule has 0 saturated carbocycles. The van der Waals surface area contributed by atoms with E-state index in [2.05, 4.69) is 11.8 Å². The van der Waals surface area contributed by atoms with Crippen LogP contribution in [0.25, 0.3) is 0 Å². The van der Waals surface area contributed by atoms with Crippen molar-refractivity contribution in [1.29, 1.82) is 0 Å². The van der Waals surface area contributed by atoms with Gasteiger partial charge in [0.15, 0.2) is 0 Å². The molecule has 8 heteroatoms. The number of benzene rings is 1. The van der Waals surface area contributed by atoms with Gasteiger partial charge in [-0.15, -0.1) is 0 Å². The number of anilines is 1. The Bertz CT molecular complexity index is 815. The lowest BCUT2D eigenvalue weighted by atomic mass is 9.82. The average Bonchev–Trinajstić information content (AvgIpc) is 2.83. The molecule has 1 aromatic rings. The van der Waals surface area contributed by atoms with Gasteiger partial charge in [-0.1, -0.05) is 6.07 Å². The zero-order valence-corrected chi connectivity index (χ0v) is 17.5.